The summed E-state index contributed by atoms with van der Waals surface area (Å²) in [6.07, 6.45) is 5.44. The van der Waals surface area contributed by atoms with Gasteiger partial charge in [-0.15, -0.1) is 0 Å². The van der Waals surface area contributed by atoms with E-state index in [0.717, 1.165) is 28.8 Å². The number of hydrogen-bond donors (Lipinski definition) is 3. The predicted molar refractivity (Wildman–Crippen MR) is 96.9 cm³/mol. The van der Waals surface area contributed by atoms with Crippen LogP contribution in [-0.2, 0) is 6.61 Å². The number of aliphatic hydroxyl groups excluding tert-OH is 1. The molecule has 3 atom stereocenters. The van der Waals surface area contributed by atoms with Gasteiger partial charge in [0.15, 0.2) is 0 Å². The van der Waals surface area contributed by atoms with Crippen LogP contribution in [0.5, 0.6) is 0 Å². The van der Waals surface area contributed by atoms with Crippen LogP contribution in [0.4, 0.5) is 5.69 Å². The predicted octanol–water partition coefficient (Wildman–Crippen LogP) is 4.01. The van der Waals surface area contributed by atoms with E-state index < -0.39 is 5.97 Å². The summed E-state index contributed by atoms with van der Waals surface area (Å²) in [5.41, 5.74) is 5.86. The number of aliphatic hydroxyl groups is 1. The zero-order chi connectivity index (χ0) is 17.6. The van der Waals surface area contributed by atoms with Gasteiger partial charge in [-0.1, -0.05) is 36.4 Å². The summed E-state index contributed by atoms with van der Waals surface area (Å²) in [4.78, 5) is 11.1. The van der Waals surface area contributed by atoms with Gasteiger partial charge in [0.2, 0.25) is 0 Å². The molecule has 0 saturated heterocycles. The third-order valence-corrected chi connectivity index (χ3v) is 5.51. The second kappa shape index (κ2) is 6.05. The highest BCUT2D eigenvalue weighted by atomic mass is 16.4. The Morgan fingerprint density at radius 1 is 1.20 bits per heavy atom. The molecule has 1 aliphatic heterocycles. The Morgan fingerprint density at radius 2 is 1.96 bits per heavy atom. The molecular formula is C21H21NO3. The Balaban J connectivity index is 1.78. The van der Waals surface area contributed by atoms with Gasteiger partial charge < -0.3 is 15.5 Å². The summed E-state index contributed by atoms with van der Waals surface area (Å²) in [6.45, 7) is 2.12. The van der Waals surface area contributed by atoms with Gasteiger partial charge in [-0.3, -0.25) is 0 Å². The molecule has 4 nitrogen and oxygen atoms in total. The highest BCUT2D eigenvalue weighted by molar-refractivity contribution is 5.87. The third kappa shape index (κ3) is 2.53. The van der Waals surface area contributed by atoms with Crippen molar-refractivity contribution in [3.05, 3.63) is 76.4 Å². The number of benzene rings is 2. The van der Waals surface area contributed by atoms with Gasteiger partial charge in [0.1, 0.15) is 0 Å². The van der Waals surface area contributed by atoms with Crippen molar-refractivity contribution in [3.63, 3.8) is 0 Å². The average molecular weight is 335 g/mol. The molecule has 4 rings (SSSR count). The van der Waals surface area contributed by atoms with E-state index in [1.165, 1.54) is 5.56 Å². The van der Waals surface area contributed by atoms with Gasteiger partial charge in [0, 0.05) is 11.6 Å². The first-order valence-corrected chi connectivity index (χ1v) is 8.60. The zero-order valence-corrected chi connectivity index (χ0v) is 14.1. The second-order valence-corrected chi connectivity index (χ2v) is 6.89. The van der Waals surface area contributed by atoms with E-state index in [1.54, 1.807) is 12.1 Å². The maximum atomic E-state index is 11.1. The standard InChI is InChI=1S/C21H21NO3/c1-12-5-6-15(11-23)18-16-3-2-4-17(16)20(22-19(12)18)13-7-9-14(10-8-13)21(24)25/h2-3,5-10,16-17,20,22-23H,4,11H2,1H3,(H,24,25)/t16-,17+,20-/m0/s1. The molecule has 1 heterocycles. The minimum absolute atomic E-state index is 0.0410. The molecule has 0 amide bonds. The van der Waals surface area contributed by atoms with Crippen LogP contribution >= 0.6 is 0 Å². The number of carbonyl (C=O) groups is 1. The first-order chi connectivity index (χ1) is 12.1. The smallest absolute Gasteiger partial charge is 0.335 e. The molecule has 3 N–H and O–H groups in total. The summed E-state index contributed by atoms with van der Waals surface area (Å²) in [7, 11) is 0. The summed E-state index contributed by atoms with van der Waals surface area (Å²) >= 11 is 0. The molecule has 0 bridgehead atoms. The number of nitrogens with one attached hydrogen (secondary N) is 1. The van der Waals surface area contributed by atoms with Crippen LogP contribution in [0.25, 0.3) is 0 Å². The fourth-order valence-electron chi connectivity index (χ4n) is 4.23. The number of hydrogen-bond acceptors (Lipinski definition) is 3. The number of aryl methyl sites for hydroxylation is 1. The van der Waals surface area contributed by atoms with Crippen LogP contribution in [0.15, 0.2) is 48.6 Å². The molecule has 0 saturated carbocycles. The number of fused-ring (bicyclic) bond motifs is 3. The number of carboxylic acids is 1. The maximum absolute atomic E-state index is 11.1. The Bertz CT molecular complexity index is 854. The molecule has 0 spiro atoms. The first kappa shape index (κ1) is 15.9. The van der Waals surface area contributed by atoms with Crippen LogP contribution < -0.4 is 5.32 Å². The van der Waals surface area contributed by atoms with Crippen molar-refractivity contribution in [2.24, 2.45) is 5.92 Å². The third-order valence-electron chi connectivity index (χ3n) is 5.51. The molecule has 128 valence electrons. The van der Waals surface area contributed by atoms with Crippen LogP contribution in [0.1, 0.15) is 51.0 Å². The molecule has 0 aromatic heterocycles. The quantitative estimate of drug-likeness (QED) is 0.741. The monoisotopic (exact) mass is 335 g/mol. The number of rotatable bonds is 3. The van der Waals surface area contributed by atoms with E-state index in [-0.39, 0.29) is 18.6 Å². The normalized spacial score (nSPS) is 23.7. The van der Waals surface area contributed by atoms with E-state index in [2.05, 4.69) is 24.4 Å². The molecule has 4 heteroatoms. The van der Waals surface area contributed by atoms with Crippen LogP contribution in [0, 0.1) is 12.8 Å². The molecule has 1 aliphatic carbocycles. The van der Waals surface area contributed by atoms with Crippen molar-refractivity contribution in [1.82, 2.24) is 0 Å². The minimum Gasteiger partial charge on any atom is -0.478 e. The molecule has 0 unspecified atom stereocenters. The highest BCUT2D eigenvalue weighted by Gasteiger charge is 2.39. The van der Waals surface area contributed by atoms with Crippen LogP contribution in [0.3, 0.4) is 0 Å². The van der Waals surface area contributed by atoms with Gasteiger partial charge in [0.05, 0.1) is 18.2 Å². The molecule has 25 heavy (non-hydrogen) atoms. The lowest BCUT2D eigenvalue weighted by molar-refractivity contribution is 0.0697. The topological polar surface area (TPSA) is 69.6 Å². The molecular weight excluding hydrogens is 314 g/mol. The summed E-state index contributed by atoms with van der Waals surface area (Å²) < 4.78 is 0. The molecule has 2 aromatic rings. The molecule has 0 fully saturated rings. The van der Waals surface area contributed by atoms with Gasteiger partial charge in [-0.2, -0.15) is 0 Å². The lowest BCUT2D eigenvalue weighted by Crippen LogP contribution is -2.30. The van der Waals surface area contributed by atoms with Gasteiger partial charge in [-0.05, 0) is 53.6 Å². The maximum Gasteiger partial charge on any atom is 0.335 e. The fraction of sp³-hybridized carbons (Fsp3) is 0.286. The van der Waals surface area contributed by atoms with Crippen LogP contribution in [-0.4, -0.2) is 16.2 Å². The van der Waals surface area contributed by atoms with Crippen molar-refractivity contribution in [2.75, 3.05) is 5.32 Å². The zero-order valence-electron chi connectivity index (χ0n) is 14.1. The van der Waals surface area contributed by atoms with Crippen LogP contribution in [0.2, 0.25) is 0 Å². The Hall–Kier alpha value is -2.59. The molecule has 0 radical (unpaired) electrons. The van der Waals surface area contributed by atoms with E-state index in [4.69, 9.17) is 5.11 Å². The molecule has 2 aromatic carbocycles. The second-order valence-electron chi connectivity index (χ2n) is 6.89. The number of carboxylic acid groups (broad SMARTS) is 1. The minimum atomic E-state index is -0.905. The lowest BCUT2D eigenvalue weighted by atomic mass is 9.75. The van der Waals surface area contributed by atoms with E-state index in [9.17, 15) is 9.90 Å². The lowest BCUT2D eigenvalue weighted by Gasteiger charge is -2.39. The Morgan fingerprint density at radius 3 is 2.64 bits per heavy atom. The van der Waals surface area contributed by atoms with Gasteiger partial charge >= 0.3 is 5.97 Å². The van der Waals surface area contributed by atoms with E-state index >= 15 is 0 Å². The highest BCUT2D eigenvalue weighted by Crippen LogP contribution is 2.51. The Labute approximate surface area is 146 Å². The first-order valence-electron chi connectivity index (χ1n) is 8.60. The number of aromatic carboxylic acids is 1. The van der Waals surface area contributed by atoms with Crippen molar-refractivity contribution < 1.29 is 15.0 Å². The van der Waals surface area contributed by atoms with E-state index in [0.29, 0.717) is 11.5 Å². The van der Waals surface area contributed by atoms with Gasteiger partial charge in [0.25, 0.3) is 0 Å². The summed E-state index contributed by atoms with van der Waals surface area (Å²) in [6, 6.07) is 11.3. The van der Waals surface area contributed by atoms with Crippen molar-refractivity contribution in [3.8, 4) is 0 Å². The largest absolute Gasteiger partial charge is 0.478 e. The summed E-state index contributed by atoms with van der Waals surface area (Å²) in [5.74, 6) is -0.255. The number of allylic oxidation sites excluding steroid dienone is 2. The van der Waals surface area contributed by atoms with Crippen molar-refractivity contribution >= 4 is 11.7 Å². The summed E-state index contributed by atoms with van der Waals surface area (Å²) in [5, 5.41) is 22.6. The number of anilines is 1. The SMILES string of the molecule is Cc1ccc(CO)c2c1N[C@@H](c1ccc(C(=O)O)cc1)[C@@H]1CC=C[C@H]21. The Kier molecular flexibility index (Phi) is 3.85. The van der Waals surface area contributed by atoms with Crippen molar-refractivity contribution in [1.29, 1.82) is 0 Å². The fourth-order valence-corrected chi connectivity index (χ4v) is 4.23. The van der Waals surface area contributed by atoms with Gasteiger partial charge in [-0.25, -0.2) is 4.79 Å². The van der Waals surface area contributed by atoms with E-state index in [1.807, 2.05) is 24.3 Å². The van der Waals surface area contributed by atoms with Crippen molar-refractivity contribution in [2.45, 2.75) is 31.9 Å². The molecule has 2 aliphatic rings. The average Bonchev–Trinajstić information content (AvgIpc) is 3.11.